The third-order valence-corrected chi connectivity index (χ3v) is 0. The normalized spacial score (nSPS) is 8.29. The summed E-state index contributed by atoms with van der Waals surface area (Å²) in [5.74, 6) is 0. The van der Waals surface area contributed by atoms with Gasteiger partial charge in [-0.2, -0.15) is 8.42 Å². The molecule has 0 aromatic rings. The van der Waals surface area contributed by atoms with Crippen LogP contribution in [0.5, 0.6) is 0 Å². The van der Waals surface area contributed by atoms with Gasteiger partial charge < -0.3 is 0 Å². The van der Waals surface area contributed by atoms with Gasteiger partial charge in [-0.1, -0.05) is 0 Å². The van der Waals surface area contributed by atoms with Crippen LogP contribution in [0.15, 0.2) is 0 Å². The average Bonchev–Trinajstić information content (AvgIpc) is 0.722. The molecule has 0 bridgehead atoms. The molecule has 50 valence electrons. The van der Waals surface area contributed by atoms with E-state index in [1.165, 1.54) is 0 Å². The van der Waals surface area contributed by atoms with Crippen molar-refractivity contribution in [3.63, 3.8) is 0 Å². The van der Waals surface area contributed by atoms with Gasteiger partial charge in [-0.25, -0.2) is 0 Å². The topological polar surface area (TPSA) is 74.6 Å². The van der Waals surface area contributed by atoms with Gasteiger partial charge in [0, 0.05) is 34.1 Å². The van der Waals surface area contributed by atoms with Crippen molar-refractivity contribution in [2.75, 3.05) is 0 Å². The van der Waals surface area contributed by atoms with Crippen molar-refractivity contribution >= 4 is 10.4 Å². The van der Waals surface area contributed by atoms with Crippen molar-refractivity contribution in [1.29, 1.82) is 0 Å². The Morgan fingerprint density at radius 2 is 1.14 bits per heavy atom. The molecule has 0 spiro atoms. The van der Waals surface area contributed by atoms with E-state index in [1.54, 1.807) is 0 Å². The van der Waals surface area contributed by atoms with Crippen molar-refractivity contribution in [2.45, 2.75) is 0 Å². The SMILES string of the molecule is O=S(=O)(O)O.[Cu].[Mn]. The molecule has 0 fully saturated rings. The van der Waals surface area contributed by atoms with Crippen LogP contribution in [0.1, 0.15) is 0 Å². The standard InChI is InChI=1S/Cu.Mn.H2O4S/c;;1-5(2,3)4/h;;(H2,1,2,3,4). The van der Waals surface area contributed by atoms with Crippen LogP contribution in [-0.4, -0.2) is 17.5 Å². The molecule has 0 aliphatic heterocycles. The largest absolute Gasteiger partial charge is 0.394 e. The predicted octanol–water partition coefficient (Wildman–Crippen LogP) is -0.658. The quantitative estimate of drug-likeness (QED) is 0.417. The van der Waals surface area contributed by atoms with Crippen molar-refractivity contribution in [1.82, 2.24) is 0 Å². The van der Waals surface area contributed by atoms with E-state index in [2.05, 4.69) is 0 Å². The monoisotopic (exact) mass is 216 g/mol. The Labute approximate surface area is 62.2 Å². The van der Waals surface area contributed by atoms with Crippen LogP contribution < -0.4 is 0 Å². The molecule has 0 amide bonds. The molecule has 0 aromatic heterocycles. The zero-order valence-electron chi connectivity index (χ0n) is 2.80. The maximum atomic E-state index is 8.74. The Bertz CT molecular complexity index is 94.9. The molecule has 0 unspecified atom stereocenters. The molecule has 7 heteroatoms. The second kappa shape index (κ2) is 5.05. The first-order chi connectivity index (χ1) is 2.00. The Balaban J connectivity index is -0.0000000800. The van der Waals surface area contributed by atoms with Gasteiger partial charge in [-0.3, -0.25) is 9.11 Å². The van der Waals surface area contributed by atoms with Gasteiger partial charge in [0.05, 0.1) is 0 Å². The molecule has 7 heavy (non-hydrogen) atoms. The van der Waals surface area contributed by atoms with Crippen molar-refractivity contribution in [3.8, 4) is 0 Å². The summed E-state index contributed by atoms with van der Waals surface area (Å²) in [4.78, 5) is 0. The maximum absolute atomic E-state index is 8.74. The minimum Gasteiger partial charge on any atom is -0.264 e. The Morgan fingerprint density at radius 1 is 1.14 bits per heavy atom. The van der Waals surface area contributed by atoms with Crippen molar-refractivity contribution in [2.24, 2.45) is 0 Å². The number of hydrogen-bond donors (Lipinski definition) is 2. The fourth-order valence-electron chi connectivity index (χ4n) is 0. The second-order valence-electron chi connectivity index (χ2n) is 0.448. The summed E-state index contributed by atoms with van der Waals surface area (Å²) in [7, 11) is -4.67. The van der Waals surface area contributed by atoms with Crippen molar-refractivity contribution < 1.29 is 51.7 Å². The van der Waals surface area contributed by atoms with E-state index < -0.39 is 10.4 Å². The van der Waals surface area contributed by atoms with E-state index >= 15 is 0 Å². The third-order valence-electron chi connectivity index (χ3n) is 0. The van der Waals surface area contributed by atoms with Crippen LogP contribution in [0.2, 0.25) is 0 Å². The summed E-state index contributed by atoms with van der Waals surface area (Å²) in [6, 6.07) is 0. The van der Waals surface area contributed by atoms with E-state index in [1.807, 2.05) is 0 Å². The van der Waals surface area contributed by atoms with Gasteiger partial charge >= 0.3 is 10.4 Å². The fraction of sp³-hybridized carbons (Fsp3) is 0. The van der Waals surface area contributed by atoms with Crippen LogP contribution in [0.4, 0.5) is 0 Å². The summed E-state index contributed by atoms with van der Waals surface area (Å²) >= 11 is 0. The predicted molar refractivity (Wildman–Crippen MR) is 14.2 cm³/mol. The molecule has 0 aliphatic carbocycles. The van der Waals surface area contributed by atoms with Crippen LogP contribution in [0, 0.1) is 0 Å². The van der Waals surface area contributed by atoms with Crippen molar-refractivity contribution in [3.05, 3.63) is 0 Å². The summed E-state index contributed by atoms with van der Waals surface area (Å²) in [5, 5.41) is 0. The molecular weight excluding hydrogens is 215 g/mol. The van der Waals surface area contributed by atoms with Crippen LogP contribution in [0.3, 0.4) is 0 Å². The molecule has 0 aromatic carbocycles. The summed E-state index contributed by atoms with van der Waals surface area (Å²) in [6.45, 7) is 0. The maximum Gasteiger partial charge on any atom is 0.394 e. The summed E-state index contributed by atoms with van der Waals surface area (Å²) < 4.78 is 31.6. The summed E-state index contributed by atoms with van der Waals surface area (Å²) in [6.07, 6.45) is 0. The molecular formula is H2CuMnO4S. The Morgan fingerprint density at radius 3 is 1.14 bits per heavy atom. The molecule has 0 saturated heterocycles. The second-order valence-corrected chi connectivity index (χ2v) is 1.34. The van der Waals surface area contributed by atoms with Gasteiger partial charge in [0.1, 0.15) is 0 Å². The fourth-order valence-corrected chi connectivity index (χ4v) is 0. The minimum absolute atomic E-state index is 0. The molecule has 0 atom stereocenters. The molecule has 0 saturated carbocycles. The van der Waals surface area contributed by atoms with Crippen LogP contribution in [0.25, 0.3) is 0 Å². The van der Waals surface area contributed by atoms with Crippen LogP contribution in [-0.2, 0) is 44.5 Å². The first kappa shape index (κ1) is 15.7. The molecule has 2 radical (unpaired) electrons. The zero-order valence-corrected chi connectivity index (χ0v) is 5.74. The molecule has 0 rings (SSSR count). The molecule has 2 N–H and O–H groups in total. The van der Waals surface area contributed by atoms with E-state index in [-0.39, 0.29) is 34.1 Å². The Kier molecular flexibility index (Phi) is 11.3. The average molecular weight is 217 g/mol. The number of rotatable bonds is 0. The van der Waals surface area contributed by atoms with Crippen LogP contribution >= 0.6 is 0 Å². The van der Waals surface area contributed by atoms with Gasteiger partial charge in [0.2, 0.25) is 0 Å². The third kappa shape index (κ3) is 202. The Hall–Kier alpha value is 0.909. The first-order valence-electron chi connectivity index (χ1n) is 0.698. The van der Waals surface area contributed by atoms with Gasteiger partial charge in [0.15, 0.2) is 0 Å². The van der Waals surface area contributed by atoms with E-state index in [4.69, 9.17) is 17.5 Å². The molecule has 0 heterocycles. The van der Waals surface area contributed by atoms with E-state index in [0.29, 0.717) is 0 Å². The smallest absolute Gasteiger partial charge is 0.264 e. The number of hydrogen-bond acceptors (Lipinski definition) is 2. The minimum atomic E-state index is -4.67. The van der Waals surface area contributed by atoms with Gasteiger partial charge in [-0.15, -0.1) is 0 Å². The molecule has 0 aliphatic rings. The van der Waals surface area contributed by atoms with Gasteiger partial charge in [-0.05, 0) is 0 Å². The zero-order chi connectivity index (χ0) is 4.50. The van der Waals surface area contributed by atoms with E-state index in [9.17, 15) is 0 Å². The molecule has 4 nitrogen and oxygen atoms in total. The first-order valence-corrected chi connectivity index (χ1v) is 2.10. The summed E-state index contributed by atoms with van der Waals surface area (Å²) in [5.41, 5.74) is 0. The van der Waals surface area contributed by atoms with E-state index in [0.717, 1.165) is 0 Å². The van der Waals surface area contributed by atoms with Gasteiger partial charge in [0.25, 0.3) is 0 Å².